The summed E-state index contributed by atoms with van der Waals surface area (Å²) in [4.78, 5) is 26.6. The Morgan fingerprint density at radius 3 is 2.63 bits per heavy atom. The highest BCUT2D eigenvalue weighted by atomic mass is 32.2. The van der Waals surface area contributed by atoms with Crippen molar-refractivity contribution in [1.82, 2.24) is 10.3 Å². The first-order valence-electron chi connectivity index (χ1n) is 6.10. The molecule has 0 unspecified atom stereocenters. The second-order valence-electron chi connectivity index (χ2n) is 4.02. The molecule has 0 aliphatic carbocycles. The number of nitrogens with zero attached hydrogens (tertiary/aromatic N) is 2. The first-order chi connectivity index (χ1) is 9.17. The van der Waals surface area contributed by atoms with Gasteiger partial charge in [-0.05, 0) is 12.8 Å². The number of aromatic nitrogens is 1. The predicted octanol–water partition coefficient (Wildman–Crippen LogP) is 1.75. The van der Waals surface area contributed by atoms with Gasteiger partial charge in [0.2, 0.25) is 6.41 Å². The van der Waals surface area contributed by atoms with Gasteiger partial charge in [-0.15, -0.1) is 11.3 Å². The summed E-state index contributed by atoms with van der Waals surface area (Å²) in [7, 11) is 1.56. The average Bonchev–Trinajstić information content (AvgIpc) is 2.93. The highest BCUT2D eigenvalue weighted by Gasteiger charge is 2.21. The molecule has 0 saturated carbocycles. The molecule has 0 aromatic carbocycles. The minimum Gasteiger partial charge on any atom is -0.362 e. The van der Waals surface area contributed by atoms with Gasteiger partial charge in [-0.1, -0.05) is 11.8 Å². The number of carbonyl (C=O) groups excluding carboxylic acids is 2. The molecular formula is C12H19N3O2S2. The van der Waals surface area contributed by atoms with Crippen molar-refractivity contribution in [3.63, 3.8) is 0 Å². The van der Waals surface area contributed by atoms with Crippen molar-refractivity contribution >= 4 is 39.8 Å². The summed E-state index contributed by atoms with van der Waals surface area (Å²) in [6.45, 7) is 3.70. The minimum atomic E-state index is 0.239. The summed E-state index contributed by atoms with van der Waals surface area (Å²) in [5, 5.41) is 6.12. The fourth-order valence-corrected chi connectivity index (χ4v) is 3.38. The Kier molecular flexibility index (Phi) is 7.50. The van der Waals surface area contributed by atoms with Gasteiger partial charge in [0.25, 0.3) is 0 Å². The molecule has 1 aromatic rings. The van der Waals surface area contributed by atoms with E-state index in [0.29, 0.717) is 11.7 Å². The largest absolute Gasteiger partial charge is 0.362 e. The van der Waals surface area contributed by atoms with Crippen LogP contribution in [0, 0.1) is 0 Å². The van der Waals surface area contributed by atoms with Gasteiger partial charge in [0.15, 0.2) is 10.2 Å². The number of nitrogens with one attached hydrogen (secondary N) is 1. The van der Waals surface area contributed by atoms with E-state index in [1.54, 1.807) is 25.3 Å². The highest BCUT2D eigenvalue weighted by molar-refractivity contribution is 8.14. The Hall–Kier alpha value is -1.08. The van der Waals surface area contributed by atoms with E-state index in [9.17, 15) is 4.79 Å². The summed E-state index contributed by atoms with van der Waals surface area (Å²) in [6.07, 6.45) is 4.64. The molecule has 0 atom stereocenters. The van der Waals surface area contributed by atoms with Crippen LogP contribution in [0.4, 0.5) is 5.13 Å². The van der Waals surface area contributed by atoms with E-state index in [0.717, 1.165) is 31.1 Å². The first-order valence-corrected chi connectivity index (χ1v) is 7.86. The lowest BCUT2D eigenvalue weighted by Gasteiger charge is -2.30. The maximum atomic E-state index is 11.0. The summed E-state index contributed by atoms with van der Waals surface area (Å²) < 4.78 is 0. The van der Waals surface area contributed by atoms with E-state index in [4.69, 9.17) is 4.79 Å². The molecular weight excluding hydrogens is 282 g/mol. The summed E-state index contributed by atoms with van der Waals surface area (Å²) >= 11 is 3.18. The molecule has 2 rings (SSSR count). The zero-order valence-electron chi connectivity index (χ0n) is 11.2. The van der Waals surface area contributed by atoms with Gasteiger partial charge >= 0.3 is 0 Å². The quantitative estimate of drug-likeness (QED) is 0.862. The summed E-state index contributed by atoms with van der Waals surface area (Å²) in [6, 6.07) is 0. The Morgan fingerprint density at radius 1 is 1.58 bits per heavy atom. The molecule has 1 fully saturated rings. The van der Waals surface area contributed by atoms with Crippen LogP contribution in [-0.2, 0) is 9.59 Å². The van der Waals surface area contributed by atoms with Crippen molar-refractivity contribution in [3.05, 3.63) is 11.6 Å². The molecule has 1 N–H and O–H groups in total. The van der Waals surface area contributed by atoms with Crippen LogP contribution in [-0.4, -0.2) is 41.9 Å². The van der Waals surface area contributed by atoms with Crippen LogP contribution in [0.5, 0.6) is 0 Å². The Labute approximate surface area is 121 Å². The molecule has 1 saturated heterocycles. The van der Waals surface area contributed by atoms with Crippen molar-refractivity contribution in [2.45, 2.75) is 25.0 Å². The monoisotopic (exact) mass is 301 g/mol. The number of amides is 1. The minimum absolute atomic E-state index is 0.239. The number of piperidine rings is 1. The number of thiazole rings is 1. The number of thioether (sulfide) groups is 1. The zero-order chi connectivity index (χ0) is 14.1. The van der Waals surface area contributed by atoms with Crippen molar-refractivity contribution in [2.24, 2.45) is 0 Å². The van der Waals surface area contributed by atoms with Gasteiger partial charge in [0.05, 0.1) is 0 Å². The van der Waals surface area contributed by atoms with Crippen LogP contribution in [0.25, 0.3) is 0 Å². The van der Waals surface area contributed by atoms with Crippen molar-refractivity contribution in [1.29, 1.82) is 0 Å². The van der Waals surface area contributed by atoms with Gasteiger partial charge in [-0.25, -0.2) is 4.98 Å². The predicted molar refractivity (Wildman–Crippen MR) is 80.7 cm³/mol. The molecule has 2 heterocycles. The third-order valence-electron chi connectivity index (χ3n) is 2.58. The molecule has 1 aliphatic rings. The lowest BCUT2D eigenvalue weighted by molar-refractivity contribution is -0.109. The number of anilines is 1. The molecule has 106 valence electrons. The number of rotatable bonds is 3. The summed E-state index contributed by atoms with van der Waals surface area (Å²) in [5.41, 5.74) is 0. The molecule has 7 heteroatoms. The van der Waals surface area contributed by atoms with E-state index in [-0.39, 0.29) is 5.12 Å². The SMILES string of the molecule is CC(=O)SC1CCN(c2nccs2)CC1.CNC=O. The van der Waals surface area contributed by atoms with Crippen LogP contribution in [0.15, 0.2) is 11.6 Å². The molecule has 5 nitrogen and oxygen atoms in total. The topological polar surface area (TPSA) is 62.3 Å². The van der Waals surface area contributed by atoms with E-state index in [1.807, 2.05) is 11.6 Å². The van der Waals surface area contributed by atoms with E-state index in [2.05, 4.69) is 15.2 Å². The fraction of sp³-hybridized carbons (Fsp3) is 0.583. The lowest BCUT2D eigenvalue weighted by Crippen LogP contribution is -2.34. The molecule has 1 aliphatic heterocycles. The average molecular weight is 301 g/mol. The van der Waals surface area contributed by atoms with Crippen molar-refractivity contribution < 1.29 is 9.59 Å². The lowest BCUT2D eigenvalue weighted by atomic mass is 10.1. The number of hydrogen-bond acceptors (Lipinski definition) is 6. The Balaban J connectivity index is 0.000000399. The van der Waals surface area contributed by atoms with E-state index < -0.39 is 0 Å². The van der Waals surface area contributed by atoms with Crippen LogP contribution < -0.4 is 10.2 Å². The Morgan fingerprint density at radius 2 is 2.21 bits per heavy atom. The number of carbonyl (C=O) groups is 2. The van der Waals surface area contributed by atoms with Crippen LogP contribution in [0.1, 0.15) is 19.8 Å². The van der Waals surface area contributed by atoms with E-state index >= 15 is 0 Å². The first kappa shape index (κ1) is 16.0. The zero-order valence-corrected chi connectivity index (χ0v) is 12.8. The van der Waals surface area contributed by atoms with Gasteiger partial charge in [0.1, 0.15) is 0 Å². The van der Waals surface area contributed by atoms with Gasteiger partial charge < -0.3 is 10.2 Å². The van der Waals surface area contributed by atoms with Crippen LogP contribution in [0.2, 0.25) is 0 Å². The molecule has 0 bridgehead atoms. The molecule has 0 spiro atoms. The molecule has 0 radical (unpaired) electrons. The maximum Gasteiger partial charge on any atom is 0.206 e. The Bertz CT molecular complexity index is 376. The number of hydrogen-bond donors (Lipinski definition) is 1. The summed E-state index contributed by atoms with van der Waals surface area (Å²) in [5.74, 6) is 0. The van der Waals surface area contributed by atoms with Crippen LogP contribution >= 0.6 is 23.1 Å². The highest BCUT2D eigenvalue weighted by Crippen LogP contribution is 2.27. The fourth-order valence-electron chi connectivity index (χ4n) is 1.77. The third kappa shape index (κ3) is 6.07. The molecule has 1 amide bonds. The van der Waals surface area contributed by atoms with Crippen molar-refractivity contribution in [3.8, 4) is 0 Å². The maximum absolute atomic E-state index is 11.0. The smallest absolute Gasteiger partial charge is 0.206 e. The molecule has 1 aromatic heterocycles. The van der Waals surface area contributed by atoms with E-state index in [1.165, 1.54) is 11.8 Å². The van der Waals surface area contributed by atoms with Gasteiger partial charge in [-0.3, -0.25) is 9.59 Å². The van der Waals surface area contributed by atoms with Crippen molar-refractivity contribution in [2.75, 3.05) is 25.0 Å². The normalized spacial score (nSPS) is 15.4. The van der Waals surface area contributed by atoms with Gasteiger partial charge in [0, 0.05) is 43.9 Å². The van der Waals surface area contributed by atoms with Gasteiger partial charge in [-0.2, -0.15) is 0 Å². The standard InChI is InChI=1S/C10H14N2OS2.C2H5NO/c1-8(13)15-9-2-5-12(6-3-9)10-11-4-7-14-10;1-3-2-4/h4,7,9H,2-3,5-6H2,1H3;2H,1H3,(H,3,4). The second-order valence-corrected chi connectivity index (χ2v) is 6.37. The van der Waals surface area contributed by atoms with Crippen LogP contribution in [0.3, 0.4) is 0 Å². The second kappa shape index (κ2) is 8.92. The molecule has 19 heavy (non-hydrogen) atoms. The third-order valence-corrected chi connectivity index (χ3v) is 4.55.